The quantitative estimate of drug-likeness (QED) is 0.415. The number of aryl methyl sites for hydroxylation is 1. The molecular weight excluding hydrogens is 406 g/mol. The van der Waals surface area contributed by atoms with E-state index in [1.165, 1.54) is 11.1 Å². The van der Waals surface area contributed by atoms with Crippen molar-refractivity contribution in [3.8, 4) is 38.6 Å². The highest BCUT2D eigenvalue weighted by molar-refractivity contribution is 7.18. The number of nitrogens with one attached hydrogen (secondary N) is 1. The first-order chi connectivity index (χ1) is 15.0. The minimum absolute atomic E-state index is 0.0205. The van der Waals surface area contributed by atoms with Crippen molar-refractivity contribution in [3.05, 3.63) is 53.7 Å². The molecule has 5 nitrogen and oxygen atoms in total. The number of nitriles is 1. The van der Waals surface area contributed by atoms with E-state index < -0.39 is 0 Å². The van der Waals surface area contributed by atoms with Gasteiger partial charge in [-0.15, -0.1) is 11.3 Å². The summed E-state index contributed by atoms with van der Waals surface area (Å²) in [5, 5.41) is 13.5. The topological polar surface area (TPSA) is 67.2 Å². The zero-order valence-electron chi connectivity index (χ0n) is 18.6. The Morgan fingerprint density at radius 2 is 2.03 bits per heavy atom. The Balaban J connectivity index is 1.82. The van der Waals surface area contributed by atoms with Gasteiger partial charge >= 0.3 is 0 Å². The van der Waals surface area contributed by atoms with Crippen molar-refractivity contribution in [1.29, 1.82) is 5.26 Å². The molecule has 0 aliphatic heterocycles. The Morgan fingerprint density at radius 3 is 2.74 bits per heavy atom. The van der Waals surface area contributed by atoms with Crippen molar-refractivity contribution >= 4 is 11.3 Å². The smallest absolute Gasteiger partial charge is 0.137 e. The maximum Gasteiger partial charge on any atom is 0.137 e. The van der Waals surface area contributed by atoms with Crippen LogP contribution in [0.5, 0.6) is 11.5 Å². The summed E-state index contributed by atoms with van der Waals surface area (Å²) in [5.74, 6) is 1.51. The van der Waals surface area contributed by atoms with Crippen LogP contribution in [0.4, 0.5) is 0 Å². The van der Waals surface area contributed by atoms with Crippen LogP contribution in [-0.4, -0.2) is 31.3 Å². The van der Waals surface area contributed by atoms with Crippen LogP contribution in [0.1, 0.15) is 38.3 Å². The second-order valence-electron chi connectivity index (χ2n) is 7.50. The van der Waals surface area contributed by atoms with Crippen molar-refractivity contribution in [2.45, 2.75) is 39.7 Å². The number of aromatic nitrogens is 1. The predicted octanol–water partition coefficient (Wildman–Crippen LogP) is 5.69. The van der Waals surface area contributed by atoms with Crippen LogP contribution >= 0.6 is 11.3 Å². The van der Waals surface area contributed by atoms with E-state index >= 15 is 0 Å². The number of hydrogen-bond donors (Lipinski definition) is 1. The fourth-order valence-corrected chi connectivity index (χ4v) is 4.24. The maximum atomic E-state index is 9.51. The molecule has 1 aromatic heterocycles. The van der Waals surface area contributed by atoms with Crippen molar-refractivity contribution < 1.29 is 9.47 Å². The molecule has 31 heavy (non-hydrogen) atoms. The Kier molecular flexibility index (Phi) is 8.05. The van der Waals surface area contributed by atoms with Crippen LogP contribution in [0.2, 0.25) is 0 Å². The van der Waals surface area contributed by atoms with Crippen LogP contribution in [0, 0.1) is 11.3 Å². The molecule has 0 fully saturated rings. The van der Waals surface area contributed by atoms with Crippen LogP contribution in [0.15, 0.2) is 42.6 Å². The minimum Gasteiger partial charge on any atom is -0.494 e. The molecule has 0 amide bonds. The lowest BCUT2D eigenvalue weighted by atomic mass is 10.0. The summed E-state index contributed by atoms with van der Waals surface area (Å²) in [4.78, 5) is 5.73. The fourth-order valence-electron chi connectivity index (χ4n) is 3.27. The van der Waals surface area contributed by atoms with Gasteiger partial charge in [0.05, 0.1) is 23.2 Å². The SMILES string of the molecule is CCc1cc(OCCCNC)ccc1-c1cnc(-c2ccc(OC(C)C)c(C#N)c2)s1. The lowest BCUT2D eigenvalue weighted by Gasteiger charge is -2.11. The highest BCUT2D eigenvalue weighted by atomic mass is 32.1. The van der Waals surface area contributed by atoms with E-state index in [1.54, 1.807) is 11.3 Å². The molecule has 0 radical (unpaired) electrons. The molecule has 0 spiro atoms. The van der Waals surface area contributed by atoms with Crippen LogP contribution in [0.3, 0.4) is 0 Å². The van der Waals surface area contributed by atoms with Gasteiger partial charge in [-0.3, -0.25) is 0 Å². The van der Waals surface area contributed by atoms with Crippen molar-refractivity contribution in [2.24, 2.45) is 0 Å². The largest absolute Gasteiger partial charge is 0.494 e. The second-order valence-corrected chi connectivity index (χ2v) is 8.53. The maximum absolute atomic E-state index is 9.51. The Hall–Kier alpha value is -2.88. The fraction of sp³-hybridized carbons (Fsp3) is 0.360. The summed E-state index contributed by atoms with van der Waals surface area (Å²) in [5.41, 5.74) is 3.86. The molecule has 0 aliphatic rings. The third-order valence-electron chi connectivity index (χ3n) is 4.78. The summed E-state index contributed by atoms with van der Waals surface area (Å²) in [7, 11) is 1.95. The van der Waals surface area contributed by atoms with E-state index in [1.807, 2.05) is 51.4 Å². The summed E-state index contributed by atoms with van der Waals surface area (Å²) < 4.78 is 11.6. The standard InChI is InChI=1S/C25H29N3O2S/c1-5-18-14-21(29-12-6-11-27-4)8-9-22(18)24-16-28-25(31-24)19-7-10-23(30-17(2)3)20(13-19)15-26/h7-10,13-14,16-17,27H,5-6,11-12H2,1-4H3. The van der Waals surface area contributed by atoms with E-state index in [4.69, 9.17) is 9.47 Å². The molecule has 6 heteroatoms. The lowest BCUT2D eigenvalue weighted by Crippen LogP contribution is -2.11. The van der Waals surface area contributed by atoms with Crippen LogP contribution in [-0.2, 0) is 6.42 Å². The van der Waals surface area contributed by atoms with Gasteiger partial charge < -0.3 is 14.8 Å². The highest BCUT2D eigenvalue weighted by Gasteiger charge is 2.13. The van der Waals surface area contributed by atoms with Crippen LogP contribution < -0.4 is 14.8 Å². The summed E-state index contributed by atoms with van der Waals surface area (Å²) in [6.45, 7) is 7.70. The van der Waals surface area contributed by atoms with Gasteiger partial charge in [0.1, 0.15) is 22.6 Å². The second kappa shape index (κ2) is 10.9. The molecule has 1 heterocycles. The average molecular weight is 436 g/mol. The van der Waals surface area contributed by atoms with Gasteiger partial charge in [0, 0.05) is 11.8 Å². The number of thiazole rings is 1. The molecule has 3 aromatic rings. The Morgan fingerprint density at radius 1 is 1.19 bits per heavy atom. The zero-order chi connectivity index (χ0) is 22.2. The Bertz CT molecular complexity index is 1050. The molecule has 0 unspecified atom stereocenters. The number of benzene rings is 2. The third kappa shape index (κ3) is 5.84. The molecule has 0 atom stereocenters. The van der Waals surface area contributed by atoms with E-state index in [0.717, 1.165) is 40.6 Å². The molecule has 0 bridgehead atoms. The molecule has 0 saturated carbocycles. The van der Waals surface area contributed by atoms with Crippen molar-refractivity contribution in [2.75, 3.05) is 20.2 Å². The van der Waals surface area contributed by atoms with Gasteiger partial charge in [-0.1, -0.05) is 6.92 Å². The molecular formula is C25H29N3O2S. The van der Waals surface area contributed by atoms with Crippen molar-refractivity contribution in [3.63, 3.8) is 0 Å². The lowest BCUT2D eigenvalue weighted by molar-refractivity contribution is 0.242. The van der Waals surface area contributed by atoms with Gasteiger partial charge in [-0.2, -0.15) is 5.26 Å². The van der Waals surface area contributed by atoms with Gasteiger partial charge in [-0.05, 0) is 87.8 Å². The first-order valence-electron chi connectivity index (χ1n) is 10.6. The number of nitrogens with zero attached hydrogens (tertiary/aromatic N) is 2. The highest BCUT2D eigenvalue weighted by Crippen LogP contribution is 2.36. The molecule has 2 aromatic carbocycles. The van der Waals surface area contributed by atoms with Gasteiger partial charge in [-0.25, -0.2) is 4.98 Å². The number of ether oxygens (including phenoxy) is 2. The monoisotopic (exact) mass is 435 g/mol. The predicted molar refractivity (Wildman–Crippen MR) is 127 cm³/mol. The third-order valence-corrected chi connectivity index (χ3v) is 5.86. The summed E-state index contributed by atoms with van der Waals surface area (Å²) >= 11 is 1.63. The first kappa shape index (κ1) is 22.8. The summed E-state index contributed by atoms with van der Waals surface area (Å²) in [6.07, 6.45) is 3.82. The van der Waals surface area contributed by atoms with Crippen LogP contribution in [0.25, 0.3) is 21.0 Å². The average Bonchev–Trinajstić information content (AvgIpc) is 3.26. The Labute approximate surface area is 188 Å². The van der Waals surface area contributed by atoms with E-state index in [2.05, 4.69) is 35.4 Å². The zero-order valence-corrected chi connectivity index (χ0v) is 19.4. The number of rotatable bonds is 10. The first-order valence-corrected chi connectivity index (χ1v) is 11.4. The van der Waals surface area contributed by atoms with Crippen molar-refractivity contribution in [1.82, 2.24) is 10.3 Å². The molecule has 162 valence electrons. The summed E-state index contributed by atoms with van der Waals surface area (Å²) in [6, 6.07) is 14.2. The van der Waals surface area contributed by atoms with E-state index in [0.29, 0.717) is 17.9 Å². The van der Waals surface area contributed by atoms with E-state index in [-0.39, 0.29) is 6.10 Å². The van der Waals surface area contributed by atoms with E-state index in [9.17, 15) is 5.26 Å². The molecule has 3 rings (SSSR count). The number of hydrogen-bond acceptors (Lipinski definition) is 6. The normalized spacial score (nSPS) is 10.8. The molecule has 0 saturated heterocycles. The minimum atomic E-state index is 0.0205. The van der Waals surface area contributed by atoms with Gasteiger partial charge in [0.25, 0.3) is 0 Å². The van der Waals surface area contributed by atoms with Gasteiger partial charge in [0.2, 0.25) is 0 Å². The molecule has 1 N–H and O–H groups in total. The van der Waals surface area contributed by atoms with Gasteiger partial charge in [0.15, 0.2) is 0 Å². The molecule has 0 aliphatic carbocycles.